The lowest BCUT2D eigenvalue weighted by Gasteiger charge is -2.23. The molecule has 17 heavy (non-hydrogen) atoms. The van der Waals surface area contributed by atoms with Gasteiger partial charge in [0.2, 0.25) is 0 Å². The number of carboxylic acid groups (broad SMARTS) is 1. The second kappa shape index (κ2) is 5.73. The summed E-state index contributed by atoms with van der Waals surface area (Å²) in [7, 11) is 0. The summed E-state index contributed by atoms with van der Waals surface area (Å²) < 4.78 is 0.679. The third-order valence-electron chi connectivity index (χ3n) is 2.59. The van der Waals surface area contributed by atoms with Crippen LogP contribution in [-0.4, -0.2) is 33.6 Å². The molecule has 1 fully saturated rings. The highest BCUT2D eigenvalue weighted by atomic mass is 79.9. The van der Waals surface area contributed by atoms with Crippen LogP contribution >= 0.6 is 27.7 Å². The van der Waals surface area contributed by atoms with Crippen LogP contribution in [-0.2, 0) is 0 Å². The zero-order chi connectivity index (χ0) is 12.3. The summed E-state index contributed by atoms with van der Waals surface area (Å²) in [6.07, 6.45) is 3.86. The summed E-state index contributed by atoms with van der Waals surface area (Å²) in [4.78, 5) is 15.3. The van der Waals surface area contributed by atoms with Crippen LogP contribution in [0.3, 0.4) is 0 Å². The van der Waals surface area contributed by atoms with E-state index >= 15 is 0 Å². The molecule has 92 valence electrons. The van der Waals surface area contributed by atoms with Gasteiger partial charge in [0, 0.05) is 22.5 Å². The van der Waals surface area contributed by atoms with E-state index in [0.717, 1.165) is 12.2 Å². The van der Waals surface area contributed by atoms with E-state index < -0.39 is 5.97 Å². The molecular formula is C11H13BrN2O2S. The van der Waals surface area contributed by atoms with E-state index in [2.05, 4.69) is 26.2 Å². The number of carboxylic acids is 1. The van der Waals surface area contributed by atoms with E-state index in [-0.39, 0.29) is 5.56 Å². The highest BCUT2D eigenvalue weighted by molar-refractivity contribution is 9.10. The molecule has 6 heteroatoms. The van der Waals surface area contributed by atoms with Crippen LogP contribution in [0.5, 0.6) is 0 Å². The van der Waals surface area contributed by atoms with Gasteiger partial charge in [0.25, 0.3) is 0 Å². The van der Waals surface area contributed by atoms with Crippen molar-refractivity contribution in [3.8, 4) is 0 Å². The first-order valence-electron chi connectivity index (χ1n) is 5.40. The first-order valence-corrected chi connectivity index (χ1v) is 7.34. The SMILES string of the molecule is O=C(O)c1cc(Br)cnc1NC1CCCSC1. The van der Waals surface area contributed by atoms with Crippen molar-refractivity contribution in [3.63, 3.8) is 0 Å². The van der Waals surface area contributed by atoms with Crippen molar-refractivity contribution >= 4 is 39.5 Å². The van der Waals surface area contributed by atoms with Crippen molar-refractivity contribution in [2.75, 3.05) is 16.8 Å². The second-order valence-corrected chi connectivity index (χ2v) is 5.98. The summed E-state index contributed by atoms with van der Waals surface area (Å²) in [5.41, 5.74) is 0.218. The Kier molecular flexibility index (Phi) is 4.28. The normalized spacial score (nSPS) is 19.9. The summed E-state index contributed by atoms with van der Waals surface area (Å²) in [6.45, 7) is 0. The lowest BCUT2D eigenvalue weighted by Crippen LogP contribution is -2.27. The molecule has 1 aliphatic rings. The number of nitrogens with one attached hydrogen (secondary N) is 1. The molecular weight excluding hydrogens is 304 g/mol. The molecule has 1 saturated heterocycles. The molecule has 1 aliphatic heterocycles. The predicted molar refractivity (Wildman–Crippen MR) is 72.9 cm³/mol. The van der Waals surface area contributed by atoms with E-state index in [4.69, 9.17) is 5.11 Å². The fourth-order valence-corrected chi connectivity index (χ4v) is 3.17. The molecule has 0 radical (unpaired) electrons. The minimum Gasteiger partial charge on any atom is -0.478 e. The van der Waals surface area contributed by atoms with Crippen molar-refractivity contribution in [1.29, 1.82) is 0 Å². The molecule has 0 saturated carbocycles. The summed E-state index contributed by atoms with van der Waals surface area (Å²) in [6, 6.07) is 1.90. The van der Waals surface area contributed by atoms with Crippen LogP contribution in [0.4, 0.5) is 5.82 Å². The maximum absolute atomic E-state index is 11.1. The van der Waals surface area contributed by atoms with Gasteiger partial charge in [-0.1, -0.05) is 0 Å². The van der Waals surface area contributed by atoms with Crippen LogP contribution in [0.1, 0.15) is 23.2 Å². The molecule has 0 amide bonds. The Bertz CT molecular complexity index is 422. The van der Waals surface area contributed by atoms with Gasteiger partial charge in [-0.15, -0.1) is 0 Å². The van der Waals surface area contributed by atoms with E-state index in [1.54, 1.807) is 12.3 Å². The van der Waals surface area contributed by atoms with Crippen LogP contribution in [0.25, 0.3) is 0 Å². The largest absolute Gasteiger partial charge is 0.478 e. The fourth-order valence-electron chi connectivity index (χ4n) is 1.77. The van der Waals surface area contributed by atoms with Gasteiger partial charge in [-0.25, -0.2) is 9.78 Å². The minimum atomic E-state index is -0.954. The molecule has 1 unspecified atom stereocenters. The van der Waals surface area contributed by atoms with E-state index in [0.29, 0.717) is 16.3 Å². The molecule has 1 aromatic rings. The lowest BCUT2D eigenvalue weighted by atomic mass is 10.1. The summed E-state index contributed by atoms with van der Waals surface area (Å²) >= 11 is 5.12. The van der Waals surface area contributed by atoms with Crippen LogP contribution in [0.15, 0.2) is 16.7 Å². The van der Waals surface area contributed by atoms with Crippen LogP contribution in [0.2, 0.25) is 0 Å². The molecule has 0 spiro atoms. The average molecular weight is 317 g/mol. The number of rotatable bonds is 3. The Morgan fingerprint density at radius 3 is 3.12 bits per heavy atom. The standard InChI is InChI=1S/C11H13BrN2O2S/c12-7-4-9(11(15)16)10(13-5-7)14-8-2-1-3-17-6-8/h4-5,8H,1-3,6H2,(H,13,14)(H,15,16). The maximum Gasteiger partial charge on any atom is 0.339 e. The van der Waals surface area contributed by atoms with Gasteiger partial charge >= 0.3 is 5.97 Å². The topological polar surface area (TPSA) is 62.2 Å². The second-order valence-electron chi connectivity index (χ2n) is 3.91. The number of aromatic carboxylic acids is 1. The fraction of sp³-hybridized carbons (Fsp3) is 0.455. The average Bonchev–Trinajstić information content (AvgIpc) is 2.32. The number of hydrogen-bond acceptors (Lipinski definition) is 4. The monoisotopic (exact) mass is 316 g/mol. The summed E-state index contributed by atoms with van der Waals surface area (Å²) in [5, 5.41) is 12.3. The Hall–Kier alpha value is -0.750. The number of hydrogen-bond donors (Lipinski definition) is 2. The van der Waals surface area contributed by atoms with Crippen molar-refractivity contribution in [2.45, 2.75) is 18.9 Å². The van der Waals surface area contributed by atoms with E-state index in [1.165, 1.54) is 12.2 Å². The van der Waals surface area contributed by atoms with Crippen molar-refractivity contribution < 1.29 is 9.90 Å². The van der Waals surface area contributed by atoms with Crippen molar-refractivity contribution in [3.05, 3.63) is 22.3 Å². The molecule has 0 bridgehead atoms. The smallest absolute Gasteiger partial charge is 0.339 e. The third-order valence-corrected chi connectivity index (χ3v) is 4.23. The molecule has 2 heterocycles. The Morgan fingerprint density at radius 1 is 1.65 bits per heavy atom. The lowest BCUT2D eigenvalue weighted by molar-refractivity contribution is 0.0697. The third kappa shape index (κ3) is 3.35. The van der Waals surface area contributed by atoms with Crippen molar-refractivity contribution in [2.24, 2.45) is 0 Å². The number of anilines is 1. The molecule has 2 N–H and O–H groups in total. The van der Waals surface area contributed by atoms with Gasteiger partial charge in [0.15, 0.2) is 0 Å². The Labute approximate surface area is 112 Å². The number of thioether (sulfide) groups is 1. The number of carbonyl (C=O) groups is 1. The van der Waals surface area contributed by atoms with E-state index in [9.17, 15) is 4.79 Å². The Morgan fingerprint density at radius 2 is 2.47 bits per heavy atom. The van der Waals surface area contributed by atoms with Gasteiger partial charge in [0.1, 0.15) is 11.4 Å². The number of nitrogens with zero attached hydrogens (tertiary/aromatic N) is 1. The maximum atomic E-state index is 11.1. The molecule has 1 atom stereocenters. The van der Waals surface area contributed by atoms with Gasteiger partial charge in [-0.05, 0) is 40.6 Å². The minimum absolute atomic E-state index is 0.218. The molecule has 0 aromatic carbocycles. The van der Waals surface area contributed by atoms with Gasteiger partial charge in [-0.2, -0.15) is 11.8 Å². The van der Waals surface area contributed by atoms with Crippen LogP contribution < -0.4 is 5.32 Å². The number of aromatic nitrogens is 1. The number of pyridine rings is 1. The highest BCUT2D eigenvalue weighted by Crippen LogP contribution is 2.23. The highest BCUT2D eigenvalue weighted by Gasteiger charge is 2.18. The Balaban J connectivity index is 2.16. The van der Waals surface area contributed by atoms with Gasteiger partial charge in [-0.3, -0.25) is 0 Å². The molecule has 0 aliphatic carbocycles. The molecule has 4 nitrogen and oxygen atoms in total. The number of halogens is 1. The first kappa shape index (κ1) is 12.7. The van der Waals surface area contributed by atoms with Gasteiger partial charge in [0.05, 0.1) is 0 Å². The zero-order valence-electron chi connectivity index (χ0n) is 9.15. The quantitative estimate of drug-likeness (QED) is 0.897. The zero-order valence-corrected chi connectivity index (χ0v) is 11.6. The molecule has 1 aromatic heterocycles. The van der Waals surface area contributed by atoms with Gasteiger partial charge < -0.3 is 10.4 Å². The van der Waals surface area contributed by atoms with E-state index in [1.807, 2.05) is 11.8 Å². The summed E-state index contributed by atoms with van der Waals surface area (Å²) in [5.74, 6) is 1.71. The van der Waals surface area contributed by atoms with Crippen LogP contribution in [0, 0.1) is 0 Å². The molecule has 2 rings (SSSR count). The first-order chi connectivity index (χ1) is 8.16. The predicted octanol–water partition coefficient (Wildman–Crippen LogP) is 2.85. The van der Waals surface area contributed by atoms with Crippen molar-refractivity contribution in [1.82, 2.24) is 4.98 Å².